The second-order valence-electron chi connectivity index (χ2n) is 6.08. The average Bonchev–Trinajstić information content (AvgIpc) is 3.24. The van der Waals surface area contributed by atoms with Gasteiger partial charge in [0.2, 0.25) is 5.82 Å². The zero-order valence-electron chi connectivity index (χ0n) is 14.6. The topological polar surface area (TPSA) is 85.1 Å². The van der Waals surface area contributed by atoms with Gasteiger partial charge in [-0.3, -0.25) is 10.1 Å². The van der Waals surface area contributed by atoms with E-state index in [1.807, 2.05) is 19.9 Å². The van der Waals surface area contributed by atoms with Crippen LogP contribution in [0.15, 0.2) is 36.5 Å². The van der Waals surface area contributed by atoms with Gasteiger partial charge in [-0.2, -0.15) is 4.98 Å². The van der Waals surface area contributed by atoms with Gasteiger partial charge in [0, 0.05) is 28.9 Å². The van der Waals surface area contributed by atoms with Crippen LogP contribution in [0.2, 0.25) is 0 Å². The molecule has 9 heteroatoms. The summed E-state index contributed by atoms with van der Waals surface area (Å²) in [6.45, 7) is 3.74. The van der Waals surface area contributed by atoms with Gasteiger partial charge in [0.1, 0.15) is 5.82 Å². The number of amides is 1. The lowest BCUT2D eigenvalue weighted by Crippen LogP contribution is -2.13. The van der Waals surface area contributed by atoms with Crippen LogP contribution >= 0.6 is 11.3 Å². The van der Waals surface area contributed by atoms with Crippen LogP contribution < -0.4 is 5.32 Å². The molecule has 0 bridgehead atoms. The lowest BCUT2D eigenvalue weighted by atomic mass is 10.1. The van der Waals surface area contributed by atoms with E-state index in [0.717, 1.165) is 21.8 Å². The van der Waals surface area contributed by atoms with Gasteiger partial charge in [-0.05, 0) is 37.6 Å². The normalized spacial score (nSPS) is 11.1. The van der Waals surface area contributed by atoms with Crippen molar-refractivity contribution < 1.29 is 9.18 Å². The minimum atomic E-state index is -0.444. The number of aromatic nitrogens is 5. The molecule has 4 rings (SSSR count). The molecular formula is C18H15FN6OS. The van der Waals surface area contributed by atoms with Crippen molar-refractivity contribution in [1.29, 1.82) is 0 Å². The number of nitrogens with one attached hydrogen (secondary N) is 1. The van der Waals surface area contributed by atoms with Crippen molar-refractivity contribution >= 4 is 28.2 Å². The van der Waals surface area contributed by atoms with Crippen LogP contribution in [0.5, 0.6) is 0 Å². The lowest BCUT2D eigenvalue weighted by molar-refractivity contribution is 0.101. The summed E-state index contributed by atoms with van der Waals surface area (Å²) in [5.41, 5.74) is 2.63. The second-order valence-corrected chi connectivity index (χ2v) is 7.19. The number of hydrogen-bond donors (Lipinski definition) is 1. The van der Waals surface area contributed by atoms with E-state index in [1.165, 1.54) is 28.0 Å². The van der Waals surface area contributed by atoms with Gasteiger partial charge >= 0.3 is 0 Å². The number of anilines is 1. The maximum atomic E-state index is 13.0. The monoisotopic (exact) mass is 382 g/mol. The fraction of sp³-hybridized carbons (Fsp3) is 0.167. The standard InChI is InChI=1S/C18H15FN6OS/c1-10-7-11(2)25-17(21-10)22-15(24-25)16(26)23-18-20-9-14(27-18)8-12-3-5-13(19)6-4-12/h3-7,9H,8H2,1-2H3,(H,20,23,26). The zero-order valence-corrected chi connectivity index (χ0v) is 15.4. The van der Waals surface area contributed by atoms with Crippen LogP contribution in [0.25, 0.3) is 5.78 Å². The minimum Gasteiger partial charge on any atom is -0.295 e. The predicted octanol–water partition coefficient (Wildman–Crippen LogP) is 3.18. The quantitative estimate of drug-likeness (QED) is 0.586. The van der Waals surface area contributed by atoms with Gasteiger partial charge in [0.15, 0.2) is 5.13 Å². The number of nitrogens with zero attached hydrogens (tertiary/aromatic N) is 5. The first-order valence-corrected chi connectivity index (χ1v) is 9.01. The van der Waals surface area contributed by atoms with Crippen LogP contribution in [0.3, 0.4) is 0 Å². The first-order valence-electron chi connectivity index (χ1n) is 8.19. The Kier molecular flexibility index (Phi) is 4.36. The molecule has 0 radical (unpaired) electrons. The number of carbonyl (C=O) groups is 1. The van der Waals surface area contributed by atoms with E-state index in [4.69, 9.17) is 0 Å². The van der Waals surface area contributed by atoms with Crippen molar-refractivity contribution in [2.45, 2.75) is 20.3 Å². The number of halogens is 1. The Balaban J connectivity index is 1.49. The van der Waals surface area contributed by atoms with Crippen LogP contribution in [-0.2, 0) is 6.42 Å². The molecule has 136 valence electrons. The number of rotatable bonds is 4. The third kappa shape index (κ3) is 3.68. The van der Waals surface area contributed by atoms with Crippen LogP contribution in [0.1, 0.15) is 32.4 Å². The molecule has 7 nitrogen and oxygen atoms in total. The van der Waals surface area contributed by atoms with Crippen LogP contribution in [-0.4, -0.2) is 30.5 Å². The van der Waals surface area contributed by atoms with Crippen molar-refractivity contribution in [3.63, 3.8) is 0 Å². The smallest absolute Gasteiger partial charge is 0.295 e. The van der Waals surface area contributed by atoms with E-state index in [1.54, 1.807) is 18.3 Å². The van der Waals surface area contributed by atoms with Crippen molar-refractivity contribution in [1.82, 2.24) is 24.6 Å². The van der Waals surface area contributed by atoms with E-state index >= 15 is 0 Å². The van der Waals surface area contributed by atoms with Gasteiger partial charge in [0.25, 0.3) is 11.7 Å². The molecule has 0 unspecified atom stereocenters. The molecule has 0 saturated carbocycles. The number of thiazole rings is 1. The Morgan fingerprint density at radius 2 is 2.00 bits per heavy atom. The summed E-state index contributed by atoms with van der Waals surface area (Å²) in [5, 5.41) is 7.37. The van der Waals surface area contributed by atoms with Crippen molar-refractivity contribution in [2.75, 3.05) is 5.32 Å². The number of carbonyl (C=O) groups excluding carboxylic acids is 1. The Labute approximate surface area is 157 Å². The number of fused-ring (bicyclic) bond motifs is 1. The summed E-state index contributed by atoms with van der Waals surface area (Å²) in [4.78, 5) is 26.1. The van der Waals surface area contributed by atoms with E-state index < -0.39 is 5.91 Å². The van der Waals surface area contributed by atoms with Crippen molar-refractivity contribution in [3.05, 3.63) is 70.0 Å². The van der Waals surface area contributed by atoms with Gasteiger partial charge in [0.05, 0.1) is 0 Å². The average molecular weight is 382 g/mol. The molecule has 0 aliphatic rings. The molecule has 4 aromatic rings. The summed E-state index contributed by atoms with van der Waals surface area (Å²) in [6.07, 6.45) is 2.30. The van der Waals surface area contributed by atoms with Crippen molar-refractivity contribution in [2.24, 2.45) is 0 Å². The summed E-state index contributed by atoms with van der Waals surface area (Å²) in [6, 6.07) is 8.17. The molecule has 27 heavy (non-hydrogen) atoms. The molecule has 3 heterocycles. The highest BCUT2D eigenvalue weighted by Gasteiger charge is 2.16. The highest BCUT2D eigenvalue weighted by Crippen LogP contribution is 2.21. The minimum absolute atomic E-state index is 0.0338. The third-order valence-electron chi connectivity index (χ3n) is 3.89. The maximum absolute atomic E-state index is 13.0. The third-order valence-corrected chi connectivity index (χ3v) is 4.80. The molecule has 0 aliphatic carbocycles. The van der Waals surface area contributed by atoms with Gasteiger partial charge in [-0.25, -0.2) is 18.9 Å². The molecule has 0 aliphatic heterocycles. The van der Waals surface area contributed by atoms with Gasteiger partial charge in [-0.15, -0.1) is 16.4 Å². The largest absolute Gasteiger partial charge is 0.297 e. The predicted molar refractivity (Wildman–Crippen MR) is 99.5 cm³/mol. The van der Waals surface area contributed by atoms with Gasteiger partial charge < -0.3 is 0 Å². The molecule has 0 spiro atoms. The van der Waals surface area contributed by atoms with Gasteiger partial charge in [-0.1, -0.05) is 12.1 Å². The fourth-order valence-electron chi connectivity index (χ4n) is 2.67. The Hall–Kier alpha value is -3.20. The first-order chi connectivity index (χ1) is 13.0. The molecule has 0 atom stereocenters. The molecule has 3 aromatic heterocycles. The Bertz CT molecular complexity index is 1130. The zero-order chi connectivity index (χ0) is 19.0. The number of aryl methyl sites for hydroxylation is 2. The summed E-state index contributed by atoms with van der Waals surface area (Å²) < 4.78 is 14.5. The fourth-order valence-corrected chi connectivity index (χ4v) is 3.51. The van der Waals surface area contributed by atoms with Crippen LogP contribution in [0, 0.1) is 19.7 Å². The summed E-state index contributed by atoms with van der Waals surface area (Å²) in [5.74, 6) is -0.295. The lowest BCUT2D eigenvalue weighted by Gasteiger charge is -1.98. The maximum Gasteiger partial charge on any atom is 0.297 e. The SMILES string of the molecule is Cc1cc(C)n2nc(C(=O)Nc3ncc(Cc4ccc(F)cc4)s3)nc2n1. The van der Waals surface area contributed by atoms with Crippen LogP contribution in [0.4, 0.5) is 9.52 Å². The highest BCUT2D eigenvalue weighted by atomic mass is 32.1. The first kappa shape index (κ1) is 17.2. The second kappa shape index (κ2) is 6.84. The van der Waals surface area contributed by atoms with E-state index in [0.29, 0.717) is 17.3 Å². The van der Waals surface area contributed by atoms with E-state index in [-0.39, 0.29) is 11.6 Å². The molecule has 0 fully saturated rings. The Morgan fingerprint density at radius 1 is 1.22 bits per heavy atom. The van der Waals surface area contributed by atoms with E-state index in [9.17, 15) is 9.18 Å². The molecule has 1 N–H and O–H groups in total. The Morgan fingerprint density at radius 3 is 2.78 bits per heavy atom. The van der Waals surface area contributed by atoms with E-state index in [2.05, 4.69) is 25.4 Å². The molecule has 1 amide bonds. The molecular weight excluding hydrogens is 367 g/mol. The number of benzene rings is 1. The molecule has 0 saturated heterocycles. The molecule has 1 aromatic carbocycles. The van der Waals surface area contributed by atoms with Crippen molar-refractivity contribution in [3.8, 4) is 0 Å². The highest BCUT2D eigenvalue weighted by molar-refractivity contribution is 7.15. The number of hydrogen-bond acceptors (Lipinski definition) is 6. The summed E-state index contributed by atoms with van der Waals surface area (Å²) in [7, 11) is 0. The summed E-state index contributed by atoms with van der Waals surface area (Å²) >= 11 is 1.35.